The van der Waals surface area contributed by atoms with Gasteiger partial charge in [0.2, 0.25) is 5.91 Å². The first-order valence-electron chi connectivity index (χ1n) is 5.34. The van der Waals surface area contributed by atoms with E-state index in [1.165, 1.54) is 0 Å². The molecule has 0 saturated carbocycles. The number of terminal acetylenes is 1. The lowest BCUT2D eigenvalue weighted by Gasteiger charge is -2.34. The first kappa shape index (κ1) is 12.0. The van der Waals surface area contributed by atoms with Crippen molar-refractivity contribution in [2.75, 3.05) is 26.2 Å². The Morgan fingerprint density at radius 2 is 2.40 bits per heavy atom. The van der Waals surface area contributed by atoms with Crippen molar-refractivity contribution in [2.24, 2.45) is 0 Å². The van der Waals surface area contributed by atoms with Gasteiger partial charge in [0.25, 0.3) is 0 Å². The van der Waals surface area contributed by atoms with Crippen molar-refractivity contribution in [3.05, 3.63) is 0 Å². The van der Waals surface area contributed by atoms with Crippen LogP contribution in [-0.4, -0.2) is 48.2 Å². The molecule has 15 heavy (non-hydrogen) atoms. The lowest BCUT2D eigenvalue weighted by Crippen LogP contribution is -2.48. The number of hydrogen-bond donors (Lipinski definition) is 2. The van der Waals surface area contributed by atoms with Gasteiger partial charge in [0.1, 0.15) is 0 Å². The van der Waals surface area contributed by atoms with Crippen LogP contribution in [0.15, 0.2) is 0 Å². The molecule has 0 radical (unpaired) electrons. The van der Waals surface area contributed by atoms with Crippen LogP contribution in [0.3, 0.4) is 0 Å². The zero-order valence-electron chi connectivity index (χ0n) is 8.91. The molecule has 1 saturated heterocycles. The van der Waals surface area contributed by atoms with E-state index in [1.54, 1.807) is 4.90 Å². The molecular weight excluding hydrogens is 192 g/mol. The first-order chi connectivity index (χ1) is 7.29. The van der Waals surface area contributed by atoms with Gasteiger partial charge in [-0.3, -0.25) is 10.1 Å². The number of likely N-dealkylation sites (tertiary alicyclic amines) is 1. The fraction of sp³-hybridized carbons (Fsp3) is 0.727. The standard InChI is InChI=1S/C11H18N2O2/c1-2-6-12-8-11(15)13-7-4-3-5-10(13)9-14/h1,10,12,14H,3-9H2. The van der Waals surface area contributed by atoms with Gasteiger partial charge in [-0.2, -0.15) is 0 Å². The number of piperidine rings is 1. The van der Waals surface area contributed by atoms with Crippen LogP contribution in [0.2, 0.25) is 0 Å². The molecule has 0 aromatic heterocycles. The molecule has 1 amide bonds. The number of carbonyl (C=O) groups excluding carboxylic acids is 1. The zero-order valence-corrected chi connectivity index (χ0v) is 8.91. The Hall–Kier alpha value is -1.05. The van der Waals surface area contributed by atoms with Crippen molar-refractivity contribution < 1.29 is 9.90 Å². The van der Waals surface area contributed by atoms with Crippen molar-refractivity contribution in [2.45, 2.75) is 25.3 Å². The fourth-order valence-corrected chi connectivity index (χ4v) is 1.86. The van der Waals surface area contributed by atoms with Gasteiger partial charge in [-0.25, -0.2) is 0 Å². The van der Waals surface area contributed by atoms with Gasteiger partial charge < -0.3 is 10.0 Å². The molecule has 4 nitrogen and oxygen atoms in total. The molecule has 1 heterocycles. The Balaban J connectivity index is 2.38. The number of hydrogen-bond acceptors (Lipinski definition) is 3. The van der Waals surface area contributed by atoms with Crippen LogP contribution in [0.5, 0.6) is 0 Å². The highest BCUT2D eigenvalue weighted by Gasteiger charge is 2.25. The first-order valence-corrected chi connectivity index (χ1v) is 5.34. The smallest absolute Gasteiger partial charge is 0.236 e. The van der Waals surface area contributed by atoms with E-state index in [0.717, 1.165) is 25.8 Å². The number of carbonyl (C=O) groups is 1. The van der Waals surface area contributed by atoms with Gasteiger partial charge in [0, 0.05) is 6.54 Å². The Morgan fingerprint density at radius 3 is 3.07 bits per heavy atom. The minimum atomic E-state index is -0.00103. The van der Waals surface area contributed by atoms with Crippen LogP contribution in [0.25, 0.3) is 0 Å². The summed E-state index contributed by atoms with van der Waals surface area (Å²) in [7, 11) is 0. The Bertz CT molecular complexity index is 247. The summed E-state index contributed by atoms with van der Waals surface area (Å²) in [5.41, 5.74) is 0. The summed E-state index contributed by atoms with van der Waals surface area (Å²) in [6.45, 7) is 1.48. The third kappa shape index (κ3) is 3.54. The summed E-state index contributed by atoms with van der Waals surface area (Å²) in [4.78, 5) is 13.5. The molecule has 1 unspecified atom stereocenters. The minimum absolute atomic E-state index is 0.00103. The van der Waals surface area contributed by atoms with E-state index < -0.39 is 0 Å². The molecule has 1 aliphatic heterocycles. The average Bonchev–Trinajstić information content (AvgIpc) is 2.29. The highest BCUT2D eigenvalue weighted by Crippen LogP contribution is 2.16. The van der Waals surface area contributed by atoms with Crippen molar-refractivity contribution in [1.29, 1.82) is 0 Å². The van der Waals surface area contributed by atoms with Crippen molar-refractivity contribution in [1.82, 2.24) is 10.2 Å². The Morgan fingerprint density at radius 1 is 1.60 bits per heavy atom. The summed E-state index contributed by atoms with van der Waals surface area (Å²) < 4.78 is 0. The summed E-state index contributed by atoms with van der Waals surface area (Å²) in [5, 5.41) is 12.0. The van der Waals surface area contributed by atoms with E-state index >= 15 is 0 Å². The van der Waals surface area contributed by atoms with E-state index in [0.29, 0.717) is 6.54 Å². The minimum Gasteiger partial charge on any atom is -0.394 e. The Labute approximate surface area is 90.6 Å². The van der Waals surface area contributed by atoms with E-state index in [1.807, 2.05) is 0 Å². The topological polar surface area (TPSA) is 52.6 Å². The van der Waals surface area contributed by atoms with Crippen molar-refractivity contribution >= 4 is 5.91 Å². The Kier molecular flexibility index (Phi) is 5.16. The SMILES string of the molecule is C#CCNCC(=O)N1CCCCC1CO. The third-order valence-corrected chi connectivity index (χ3v) is 2.66. The fourth-order valence-electron chi connectivity index (χ4n) is 1.86. The van der Waals surface area contributed by atoms with E-state index in [2.05, 4.69) is 11.2 Å². The number of nitrogens with one attached hydrogen (secondary N) is 1. The molecule has 1 atom stereocenters. The summed E-state index contributed by atoms with van der Waals surface area (Å²) in [5.74, 6) is 2.45. The van der Waals surface area contributed by atoms with Gasteiger partial charge in [0.15, 0.2) is 0 Å². The van der Waals surface area contributed by atoms with Gasteiger partial charge in [-0.05, 0) is 19.3 Å². The molecule has 1 rings (SSSR count). The summed E-state index contributed by atoms with van der Waals surface area (Å²) in [6.07, 6.45) is 8.08. The zero-order chi connectivity index (χ0) is 11.1. The number of aliphatic hydroxyl groups excluding tert-OH is 1. The van der Waals surface area contributed by atoms with Crippen LogP contribution in [0.1, 0.15) is 19.3 Å². The predicted molar refractivity (Wildman–Crippen MR) is 58.1 cm³/mol. The molecule has 4 heteroatoms. The highest BCUT2D eigenvalue weighted by molar-refractivity contribution is 5.78. The molecule has 1 fully saturated rings. The van der Waals surface area contributed by atoms with Crippen LogP contribution in [0.4, 0.5) is 0 Å². The number of nitrogens with zero attached hydrogens (tertiary/aromatic N) is 1. The van der Waals surface area contributed by atoms with E-state index in [9.17, 15) is 4.79 Å². The second-order valence-corrected chi connectivity index (χ2v) is 3.73. The average molecular weight is 210 g/mol. The molecule has 0 bridgehead atoms. The molecule has 0 aromatic rings. The molecule has 84 valence electrons. The van der Waals surface area contributed by atoms with Gasteiger partial charge >= 0.3 is 0 Å². The second-order valence-electron chi connectivity index (χ2n) is 3.73. The largest absolute Gasteiger partial charge is 0.394 e. The van der Waals surface area contributed by atoms with Gasteiger partial charge in [-0.15, -0.1) is 6.42 Å². The maximum atomic E-state index is 11.7. The lowest BCUT2D eigenvalue weighted by molar-refractivity contribution is -0.134. The predicted octanol–water partition coefficient (Wildman–Crippen LogP) is -0.417. The van der Waals surface area contributed by atoms with Crippen LogP contribution < -0.4 is 5.32 Å². The summed E-state index contributed by atoms with van der Waals surface area (Å²) in [6, 6.07) is -0.00103. The number of amides is 1. The third-order valence-electron chi connectivity index (χ3n) is 2.66. The molecule has 0 spiro atoms. The number of rotatable bonds is 4. The van der Waals surface area contributed by atoms with Gasteiger partial charge in [-0.1, -0.05) is 5.92 Å². The lowest BCUT2D eigenvalue weighted by atomic mass is 10.0. The molecule has 1 aliphatic rings. The van der Waals surface area contributed by atoms with Crippen LogP contribution in [-0.2, 0) is 4.79 Å². The maximum Gasteiger partial charge on any atom is 0.236 e. The van der Waals surface area contributed by atoms with Crippen LogP contribution >= 0.6 is 0 Å². The molecule has 0 aliphatic carbocycles. The van der Waals surface area contributed by atoms with Gasteiger partial charge in [0.05, 0.1) is 25.7 Å². The van der Waals surface area contributed by atoms with E-state index in [4.69, 9.17) is 11.5 Å². The molecule has 2 N–H and O–H groups in total. The second kappa shape index (κ2) is 6.44. The monoisotopic (exact) mass is 210 g/mol. The maximum absolute atomic E-state index is 11.7. The van der Waals surface area contributed by atoms with Crippen molar-refractivity contribution in [3.8, 4) is 12.3 Å². The number of aliphatic hydroxyl groups is 1. The normalized spacial score (nSPS) is 21.1. The van der Waals surface area contributed by atoms with E-state index in [-0.39, 0.29) is 25.1 Å². The van der Waals surface area contributed by atoms with Crippen molar-refractivity contribution in [3.63, 3.8) is 0 Å². The quantitative estimate of drug-likeness (QED) is 0.489. The van der Waals surface area contributed by atoms with Crippen LogP contribution in [0, 0.1) is 12.3 Å². The molecule has 0 aromatic carbocycles. The molecular formula is C11H18N2O2. The highest BCUT2D eigenvalue weighted by atomic mass is 16.3. The summed E-state index contributed by atoms with van der Waals surface area (Å²) >= 11 is 0.